The Morgan fingerprint density at radius 1 is 1.06 bits per heavy atom. The first kappa shape index (κ1) is 14.3. The molecule has 0 radical (unpaired) electrons. The highest BCUT2D eigenvalue weighted by Gasteiger charge is 2.13. The quantitative estimate of drug-likeness (QED) is 0.560. The molecule has 1 aliphatic heterocycles. The topological polar surface area (TPSA) is 81.6 Å². The minimum atomic E-state index is -0.910. The molecule has 0 bridgehead atoms. The lowest BCUT2D eigenvalue weighted by molar-refractivity contribution is 0.130. The maximum absolute atomic E-state index is 10.1. The zero-order valence-corrected chi connectivity index (χ0v) is 10.3. The molecule has 0 unspecified atom stereocenters. The maximum atomic E-state index is 10.1. The van der Waals surface area contributed by atoms with Gasteiger partial charge in [-0.1, -0.05) is 19.3 Å². The van der Waals surface area contributed by atoms with E-state index in [0.29, 0.717) is 0 Å². The summed E-state index contributed by atoms with van der Waals surface area (Å²) in [7, 11) is 0. The molecule has 0 aromatic rings. The van der Waals surface area contributed by atoms with Crippen LogP contribution in [-0.4, -0.2) is 41.5 Å². The van der Waals surface area contributed by atoms with Gasteiger partial charge in [0.2, 0.25) is 0 Å². The summed E-state index contributed by atoms with van der Waals surface area (Å²) < 4.78 is 0. The van der Waals surface area contributed by atoms with Crippen LogP contribution in [0.25, 0.3) is 0 Å². The molecule has 5 heteroatoms. The molecule has 0 spiro atoms. The number of aliphatic hydroxyl groups excluding tert-OH is 1. The number of carboxylic acid groups (broad SMARTS) is 1. The number of piperidine rings is 1. The summed E-state index contributed by atoms with van der Waals surface area (Å²) >= 11 is 0. The van der Waals surface area contributed by atoms with Gasteiger partial charge < -0.3 is 20.8 Å². The van der Waals surface area contributed by atoms with Crippen LogP contribution >= 0.6 is 0 Å². The van der Waals surface area contributed by atoms with Crippen molar-refractivity contribution in [3.8, 4) is 0 Å². The smallest absolute Gasteiger partial charge is 0.404 e. The van der Waals surface area contributed by atoms with E-state index in [4.69, 9.17) is 10.2 Å². The van der Waals surface area contributed by atoms with E-state index in [1.165, 1.54) is 19.3 Å². The van der Waals surface area contributed by atoms with Crippen molar-refractivity contribution in [2.45, 2.75) is 57.1 Å². The number of nitrogens with one attached hydrogen (secondary N) is 2. The van der Waals surface area contributed by atoms with Gasteiger partial charge in [0.15, 0.2) is 0 Å². The fourth-order valence-corrected chi connectivity index (χ4v) is 2.22. The Kier molecular flexibility index (Phi) is 6.96. The predicted octanol–water partition coefficient (Wildman–Crippen LogP) is 1.32. The first-order chi connectivity index (χ1) is 8.18. The van der Waals surface area contributed by atoms with E-state index in [1.54, 1.807) is 0 Å². The molecule has 100 valence electrons. The Hall–Kier alpha value is -0.810. The highest BCUT2D eigenvalue weighted by atomic mass is 16.4. The lowest BCUT2D eigenvalue weighted by atomic mass is 9.98. The second-order valence-electron chi connectivity index (χ2n) is 4.77. The van der Waals surface area contributed by atoms with E-state index in [-0.39, 0.29) is 12.1 Å². The van der Waals surface area contributed by atoms with Crippen molar-refractivity contribution >= 4 is 6.09 Å². The van der Waals surface area contributed by atoms with Gasteiger partial charge in [0.05, 0.1) is 6.10 Å². The number of aliphatic hydroxyl groups is 1. The van der Waals surface area contributed by atoms with Gasteiger partial charge in [-0.3, -0.25) is 0 Å². The van der Waals surface area contributed by atoms with Crippen LogP contribution in [0.4, 0.5) is 4.79 Å². The molecule has 1 amide bonds. The molecule has 1 saturated carbocycles. The summed E-state index contributed by atoms with van der Waals surface area (Å²) in [5.41, 5.74) is 0. The van der Waals surface area contributed by atoms with Gasteiger partial charge in [-0.25, -0.2) is 4.79 Å². The predicted molar refractivity (Wildman–Crippen MR) is 66.1 cm³/mol. The van der Waals surface area contributed by atoms with Crippen LogP contribution in [0.5, 0.6) is 0 Å². The summed E-state index contributed by atoms with van der Waals surface area (Å²) in [6.07, 6.45) is 6.83. The van der Waals surface area contributed by atoms with Crippen LogP contribution in [0.3, 0.4) is 0 Å². The third kappa shape index (κ3) is 7.18. The van der Waals surface area contributed by atoms with Crippen LogP contribution in [0.15, 0.2) is 0 Å². The van der Waals surface area contributed by atoms with Gasteiger partial charge in [0.25, 0.3) is 0 Å². The number of rotatable bonds is 1. The Bertz CT molecular complexity index is 212. The largest absolute Gasteiger partial charge is 0.465 e. The van der Waals surface area contributed by atoms with E-state index < -0.39 is 6.09 Å². The van der Waals surface area contributed by atoms with Crippen LogP contribution in [-0.2, 0) is 0 Å². The zero-order valence-electron chi connectivity index (χ0n) is 10.3. The summed E-state index contributed by atoms with van der Waals surface area (Å²) in [6.45, 7) is 1.84. The molecule has 1 aliphatic carbocycles. The second kappa shape index (κ2) is 8.31. The molecule has 0 atom stereocenters. The van der Waals surface area contributed by atoms with Gasteiger partial charge in [-0.15, -0.1) is 0 Å². The molecule has 2 rings (SSSR count). The van der Waals surface area contributed by atoms with Crippen molar-refractivity contribution in [3.05, 3.63) is 0 Å². The Morgan fingerprint density at radius 3 is 2.06 bits per heavy atom. The van der Waals surface area contributed by atoms with Crippen LogP contribution in [0, 0.1) is 0 Å². The second-order valence-corrected chi connectivity index (χ2v) is 4.77. The van der Waals surface area contributed by atoms with Crippen LogP contribution < -0.4 is 10.6 Å². The average molecular weight is 244 g/mol. The lowest BCUT2D eigenvalue weighted by Crippen LogP contribution is -2.42. The molecule has 0 aromatic carbocycles. The molecule has 1 heterocycles. The van der Waals surface area contributed by atoms with E-state index in [0.717, 1.165) is 38.8 Å². The van der Waals surface area contributed by atoms with Gasteiger partial charge in [0.1, 0.15) is 0 Å². The molecule has 17 heavy (non-hydrogen) atoms. The van der Waals surface area contributed by atoms with Gasteiger partial charge in [-0.2, -0.15) is 0 Å². The molecule has 2 fully saturated rings. The molecular formula is C12H24N2O3. The monoisotopic (exact) mass is 244 g/mol. The molecule has 4 N–H and O–H groups in total. The molecule has 5 nitrogen and oxygen atoms in total. The number of hydrogen-bond acceptors (Lipinski definition) is 3. The molecule has 1 saturated heterocycles. The van der Waals surface area contributed by atoms with E-state index in [2.05, 4.69) is 10.6 Å². The minimum Gasteiger partial charge on any atom is -0.465 e. The average Bonchev–Trinajstić information content (AvgIpc) is 2.31. The fourth-order valence-electron chi connectivity index (χ4n) is 2.22. The fraction of sp³-hybridized carbons (Fsp3) is 0.917. The van der Waals surface area contributed by atoms with E-state index in [1.807, 2.05) is 0 Å². The molecule has 0 aromatic heterocycles. The zero-order chi connectivity index (χ0) is 12.5. The normalized spacial score (nSPS) is 22.4. The molecule has 2 aliphatic rings. The van der Waals surface area contributed by atoms with E-state index in [9.17, 15) is 4.79 Å². The number of amides is 1. The summed E-state index contributed by atoms with van der Waals surface area (Å²) in [6, 6.07) is 0.166. The van der Waals surface area contributed by atoms with Crippen molar-refractivity contribution in [1.29, 1.82) is 0 Å². The highest BCUT2D eigenvalue weighted by molar-refractivity contribution is 5.64. The minimum absolute atomic E-state index is 0.0359. The highest BCUT2D eigenvalue weighted by Crippen LogP contribution is 2.16. The van der Waals surface area contributed by atoms with Gasteiger partial charge in [-0.05, 0) is 38.8 Å². The maximum Gasteiger partial charge on any atom is 0.404 e. The van der Waals surface area contributed by atoms with Crippen molar-refractivity contribution in [2.24, 2.45) is 0 Å². The SMILES string of the molecule is O=C(O)NC1CCNCC1.OC1CCCCC1. The van der Waals surface area contributed by atoms with Gasteiger partial charge in [0, 0.05) is 6.04 Å². The third-order valence-corrected chi connectivity index (χ3v) is 3.24. The lowest BCUT2D eigenvalue weighted by Gasteiger charge is -2.21. The van der Waals surface area contributed by atoms with Crippen LogP contribution in [0.1, 0.15) is 44.9 Å². The first-order valence-electron chi connectivity index (χ1n) is 6.56. The standard InChI is InChI=1S/C6H12N2O2.C6H12O/c9-6(10)8-5-1-3-7-4-2-5;7-6-4-2-1-3-5-6/h5,7-8H,1-4H2,(H,9,10);6-7H,1-5H2. The number of carbonyl (C=O) groups is 1. The summed E-state index contributed by atoms with van der Waals surface area (Å²) in [5, 5.41) is 22.9. The third-order valence-electron chi connectivity index (χ3n) is 3.24. The van der Waals surface area contributed by atoms with Crippen molar-refractivity contribution in [1.82, 2.24) is 10.6 Å². The van der Waals surface area contributed by atoms with Crippen molar-refractivity contribution in [3.63, 3.8) is 0 Å². The van der Waals surface area contributed by atoms with E-state index >= 15 is 0 Å². The van der Waals surface area contributed by atoms with Crippen molar-refractivity contribution < 1.29 is 15.0 Å². The molecular weight excluding hydrogens is 220 g/mol. The number of hydrogen-bond donors (Lipinski definition) is 4. The first-order valence-corrected chi connectivity index (χ1v) is 6.56. The van der Waals surface area contributed by atoms with Crippen LogP contribution in [0.2, 0.25) is 0 Å². The summed E-state index contributed by atoms with van der Waals surface area (Å²) in [4.78, 5) is 10.1. The van der Waals surface area contributed by atoms with Gasteiger partial charge >= 0.3 is 6.09 Å². The Labute approximate surface area is 103 Å². The Balaban J connectivity index is 0.000000181. The summed E-state index contributed by atoms with van der Waals surface area (Å²) in [5.74, 6) is 0. The van der Waals surface area contributed by atoms with Crippen molar-refractivity contribution in [2.75, 3.05) is 13.1 Å². The Morgan fingerprint density at radius 2 is 1.65 bits per heavy atom.